The minimum atomic E-state index is -0.150. The highest BCUT2D eigenvalue weighted by Crippen LogP contribution is 2.51. The largest absolute Gasteiger partial charge is 0.309 e. The van der Waals surface area contributed by atoms with Crippen LogP contribution in [-0.4, -0.2) is 19.1 Å². The topological polar surface area (TPSA) is 35.6 Å². The fourth-order valence-corrected chi connectivity index (χ4v) is 12.9. The molecule has 0 spiro atoms. The summed E-state index contributed by atoms with van der Waals surface area (Å²) in [5.41, 5.74) is 17.4. The summed E-state index contributed by atoms with van der Waals surface area (Å²) in [5.74, 6) is 0.661. The van der Waals surface area contributed by atoms with E-state index in [1.165, 1.54) is 81.6 Å². The Morgan fingerprint density at radius 3 is 1.86 bits per heavy atom. The van der Waals surface area contributed by atoms with Gasteiger partial charge in [0.15, 0.2) is 0 Å². The van der Waals surface area contributed by atoms with E-state index >= 15 is 0 Å². The summed E-state index contributed by atoms with van der Waals surface area (Å²) in [6.07, 6.45) is 0. The van der Waals surface area contributed by atoms with Gasteiger partial charge in [-0.1, -0.05) is 178 Å². The van der Waals surface area contributed by atoms with E-state index in [0.717, 1.165) is 54.5 Å². The van der Waals surface area contributed by atoms with Crippen molar-refractivity contribution >= 4 is 86.7 Å². The Hall–Kier alpha value is -8.64. The van der Waals surface area contributed by atoms with Crippen LogP contribution in [0.15, 0.2) is 218 Å². The number of benzene rings is 10. The molecule has 0 bridgehead atoms. The SMILES string of the molecule is CC1(C)c2ccccc2-c2ccc(-c3nc(-n4c5ccc(-c6ccc7c(c6)c6c8ccccc8ccc6n7-c6ccccc6)cc5c5ccc6ccccc6c54)nc4cc(-c5ccccc5)sc34)cc21. The molecule has 4 heterocycles. The van der Waals surface area contributed by atoms with E-state index in [2.05, 4.69) is 241 Å². The van der Waals surface area contributed by atoms with Crippen LogP contribution in [0.5, 0.6) is 0 Å². The summed E-state index contributed by atoms with van der Waals surface area (Å²) in [5, 5.41) is 9.67. The molecule has 10 aromatic carbocycles. The van der Waals surface area contributed by atoms with Crippen LogP contribution >= 0.6 is 11.3 Å². The number of hydrogen-bond acceptors (Lipinski definition) is 3. The standard InChI is InChI=1S/C65H42N4S/c1-65(2)53-24-14-13-23-48(53)49-30-26-44(37-54(49)65)61-63-55(38-59(70-63)41-17-5-3-6-18-41)66-64(67-61)69-56-32-28-42(35-51(56)50-31-25-40-16-10-12-22-47(40)62(50)69)43-29-33-57-52(36-43)60-46-21-11-9-15-39(46)27-34-58(60)68(57)45-19-7-4-8-20-45/h3-38H,1-2H3. The van der Waals surface area contributed by atoms with Gasteiger partial charge in [0, 0.05) is 48.5 Å². The predicted octanol–water partition coefficient (Wildman–Crippen LogP) is 17.5. The van der Waals surface area contributed by atoms with E-state index in [1.807, 2.05) is 0 Å². The highest BCUT2D eigenvalue weighted by Gasteiger charge is 2.35. The van der Waals surface area contributed by atoms with Crippen LogP contribution in [0.4, 0.5) is 0 Å². The first-order chi connectivity index (χ1) is 34.5. The zero-order chi connectivity index (χ0) is 46.2. The summed E-state index contributed by atoms with van der Waals surface area (Å²) in [6, 6.07) is 80.0. The summed E-state index contributed by atoms with van der Waals surface area (Å²) in [6.45, 7) is 4.70. The number of fused-ring (bicyclic) bond motifs is 14. The molecule has 0 fully saturated rings. The Morgan fingerprint density at radius 1 is 0.414 bits per heavy atom. The van der Waals surface area contributed by atoms with Gasteiger partial charge >= 0.3 is 0 Å². The molecule has 0 saturated carbocycles. The lowest BCUT2D eigenvalue weighted by molar-refractivity contribution is 0.660. The third-order valence-corrected chi connectivity index (χ3v) is 16.3. The van der Waals surface area contributed by atoms with E-state index < -0.39 is 0 Å². The number of hydrogen-bond donors (Lipinski definition) is 0. The molecule has 5 heteroatoms. The van der Waals surface area contributed by atoms with Crippen LogP contribution in [-0.2, 0) is 5.41 Å². The van der Waals surface area contributed by atoms with Crippen molar-refractivity contribution in [3.8, 4) is 55.6 Å². The average Bonchev–Trinajstić information content (AvgIpc) is 4.16. The molecule has 1 aliphatic rings. The Labute approximate surface area is 408 Å². The second-order valence-electron chi connectivity index (χ2n) is 19.3. The van der Waals surface area contributed by atoms with Gasteiger partial charge in [-0.05, 0) is 110 Å². The number of rotatable bonds is 5. The molecule has 4 aromatic heterocycles. The maximum Gasteiger partial charge on any atom is 0.235 e. The third-order valence-electron chi connectivity index (χ3n) is 15.1. The molecule has 4 nitrogen and oxygen atoms in total. The van der Waals surface area contributed by atoms with Gasteiger partial charge in [0.1, 0.15) is 0 Å². The molecule has 328 valence electrons. The van der Waals surface area contributed by atoms with Gasteiger partial charge in [0.2, 0.25) is 5.95 Å². The first kappa shape index (κ1) is 39.4. The summed E-state index contributed by atoms with van der Waals surface area (Å²) < 4.78 is 5.82. The molecule has 0 amide bonds. The Morgan fingerprint density at radius 2 is 1.04 bits per heavy atom. The predicted molar refractivity (Wildman–Crippen MR) is 295 cm³/mol. The van der Waals surface area contributed by atoms with Crippen LogP contribution in [0.25, 0.3) is 131 Å². The molecular formula is C65H42N4S. The van der Waals surface area contributed by atoms with Crippen molar-refractivity contribution < 1.29 is 0 Å². The van der Waals surface area contributed by atoms with Crippen LogP contribution in [0.2, 0.25) is 0 Å². The maximum atomic E-state index is 5.71. The number of thiophene rings is 1. The van der Waals surface area contributed by atoms with Crippen LogP contribution < -0.4 is 0 Å². The van der Waals surface area contributed by atoms with E-state index in [1.54, 1.807) is 11.3 Å². The molecule has 0 saturated heterocycles. The molecule has 14 aromatic rings. The lowest BCUT2D eigenvalue weighted by atomic mass is 9.82. The number of nitrogens with zero attached hydrogens (tertiary/aromatic N) is 4. The van der Waals surface area contributed by atoms with Crippen LogP contribution in [0, 0.1) is 0 Å². The summed E-state index contributed by atoms with van der Waals surface area (Å²) >= 11 is 1.77. The van der Waals surface area contributed by atoms with Crippen molar-refractivity contribution in [3.05, 3.63) is 230 Å². The summed E-state index contributed by atoms with van der Waals surface area (Å²) in [4.78, 5) is 12.4. The summed E-state index contributed by atoms with van der Waals surface area (Å²) in [7, 11) is 0. The van der Waals surface area contributed by atoms with Gasteiger partial charge in [0.25, 0.3) is 0 Å². The monoisotopic (exact) mass is 910 g/mol. The van der Waals surface area contributed by atoms with Crippen molar-refractivity contribution in [1.29, 1.82) is 0 Å². The second kappa shape index (κ2) is 14.7. The normalized spacial score (nSPS) is 13.1. The van der Waals surface area contributed by atoms with Gasteiger partial charge in [-0.15, -0.1) is 11.3 Å². The first-order valence-electron chi connectivity index (χ1n) is 24.1. The molecule has 1 aliphatic carbocycles. The third kappa shape index (κ3) is 5.64. The van der Waals surface area contributed by atoms with Crippen LogP contribution in [0.1, 0.15) is 25.0 Å². The lowest BCUT2D eigenvalue weighted by Crippen LogP contribution is -2.15. The Balaban J connectivity index is 0.972. The molecule has 0 N–H and O–H groups in total. The molecule has 0 radical (unpaired) electrons. The highest BCUT2D eigenvalue weighted by atomic mass is 32.1. The van der Waals surface area contributed by atoms with Crippen LogP contribution in [0.3, 0.4) is 0 Å². The minimum Gasteiger partial charge on any atom is -0.309 e. The number of aromatic nitrogens is 4. The van der Waals surface area contributed by atoms with E-state index in [9.17, 15) is 0 Å². The zero-order valence-electron chi connectivity index (χ0n) is 38.5. The molecule has 0 aliphatic heterocycles. The smallest absolute Gasteiger partial charge is 0.235 e. The zero-order valence-corrected chi connectivity index (χ0v) is 39.3. The second-order valence-corrected chi connectivity index (χ2v) is 20.4. The Kier molecular flexibility index (Phi) is 8.26. The van der Waals surface area contributed by atoms with Gasteiger partial charge in [0.05, 0.1) is 38.0 Å². The fourth-order valence-electron chi connectivity index (χ4n) is 11.8. The quantitative estimate of drug-likeness (QED) is 0.172. The fraction of sp³-hybridized carbons (Fsp3) is 0.0462. The van der Waals surface area contributed by atoms with Crippen molar-refractivity contribution in [1.82, 2.24) is 19.1 Å². The molecule has 15 rings (SSSR count). The van der Waals surface area contributed by atoms with Gasteiger partial charge < -0.3 is 4.57 Å². The molecular weight excluding hydrogens is 869 g/mol. The average molecular weight is 911 g/mol. The molecule has 70 heavy (non-hydrogen) atoms. The lowest BCUT2D eigenvalue weighted by Gasteiger charge is -2.22. The first-order valence-corrected chi connectivity index (χ1v) is 24.9. The Bertz CT molecular complexity index is 4500. The van der Waals surface area contributed by atoms with Gasteiger partial charge in [-0.3, -0.25) is 4.57 Å². The van der Waals surface area contributed by atoms with Gasteiger partial charge in [-0.25, -0.2) is 9.97 Å². The van der Waals surface area contributed by atoms with Crippen molar-refractivity contribution in [2.24, 2.45) is 0 Å². The van der Waals surface area contributed by atoms with Crippen molar-refractivity contribution in [2.45, 2.75) is 19.3 Å². The van der Waals surface area contributed by atoms with Gasteiger partial charge in [-0.2, -0.15) is 0 Å². The maximum absolute atomic E-state index is 5.71. The minimum absolute atomic E-state index is 0.150. The van der Waals surface area contributed by atoms with E-state index in [4.69, 9.17) is 9.97 Å². The van der Waals surface area contributed by atoms with Crippen molar-refractivity contribution in [3.63, 3.8) is 0 Å². The van der Waals surface area contributed by atoms with E-state index in [-0.39, 0.29) is 5.41 Å². The van der Waals surface area contributed by atoms with Crippen molar-refractivity contribution in [2.75, 3.05) is 0 Å². The van der Waals surface area contributed by atoms with E-state index in [0.29, 0.717) is 5.95 Å². The number of para-hydroxylation sites is 1. The highest BCUT2D eigenvalue weighted by molar-refractivity contribution is 7.22. The molecule has 0 atom stereocenters. The molecule has 0 unspecified atom stereocenters.